The third kappa shape index (κ3) is 2.48. The van der Waals surface area contributed by atoms with Gasteiger partial charge >= 0.3 is 0 Å². The molecular weight excluding hydrogens is 296 g/mol. The van der Waals surface area contributed by atoms with Crippen LogP contribution in [-0.2, 0) is 0 Å². The fraction of sp³-hybridized carbons (Fsp3) is 0. The summed E-state index contributed by atoms with van der Waals surface area (Å²) in [7, 11) is 0. The zero-order chi connectivity index (χ0) is 15.5. The second kappa shape index (κ2) is 5.38. The fourth-order valence-electron chi connectivity index (χ4n) is 1.37. The third-order valence-electron chi connectivity index (χ3n) is 2.26. The van der Waals surface area contributed by atoms with Crippen molar-refractivity contribution in [3.05, 3.63) is 0 Å². The van der Waals surface area contributed by atoms with Crippen LogP contribution in [0.1, 0.15) is 0 Å². The van der Waals surface area contributed by atoms with Crippen LogP contribution < -0.4 is 33.6 Å². The first kappa shape index (κ1) is 13.3. The number of H-pyrrole nitrogens is 1. The summed E-state index contributed by atoms with van der Waals surface area (Å²) in [5.74, 6) is 11.0. The maximum Gasteiger partial charge on any atom is 0.292 e. The molecule has 0 spiro atoms. The van der Waals surface area contributed by atoms with Gasteiger partial charge in [0, 0.05) is 0 Å². The summed E-state index contributed by atoms with van der Waals surface area (Å²) in [6, 6.07) is 0. The molecular formula is C6H10N16. The molecule has 0 unspecified atom stereocenters. The minimum Gasteiger partial charge on any atom is -0.368 e. The summed E-state index contributed by atoms with van der Waals surface area (Å²) in [6.07, 6.45) is 0. The van der Waals surface area contributed by atoms with Gasteiger partial charge in [0.1, 0.15) is 0 Å². The van der Waals surface area contributed by atoms with Gasteiger partial charge < -0.3 is 5.73 Å². The lowest BCUT2D eigenvalue weighted by atomic mass is 10.9. The van der Waals surface area contributed by atoms with Crippen molar-refractivity contribution in [2.75, 3.05) is 21.9 Å². The Morgan fingerprint density at radius 3 is 2.27 bits per heavy atom. The fourth-order valence-corrected chi connectivity index (χ4v) is 1.37. The van der Waals surface area contributed by atoms with E-state index in [1.54, 1.807) is 0 Å². The number of nitrogens with one attached hydrogen (secondary N) is 4. The smallest absolute Gasteiger partial charge is 0.292 e. The number of nitrogens with zero attached hydrogens (tertiary/aromatic N) is 9. The van der Waals surface area contributed by atoms with Crippen molar-refractivity contribution < 1.29 is 0 Å². The van der Waals surface area contributed by atoms with Crippen molar-refractivity contribution in [1.82, 2.24) is 50.3 Å². The first-order valence-electron chi connectivity index (χ1n) is 5.62. The minimum absolute atomic E-state index is 0.0105. The van der Waals surface area contributed by atoms with Crippen molar-refractivity contribution in [3.63, 3.8) is 0 Å². The Labute approximate surface area is 120 Å². The molecule has 3 aromatic rings. The van der Waals surface area contributed by atoms with E-state index in [-0.39, 0.29) is 35.7 Å². The van der Waals surface area contributed by atoms with Crippen LogP contribution in [0.5, 0.6) is 0 Å². The van der Waals surface area contributed by atoms with Gasteiger partial charge in [-0.05, 0) is 0 Å². The van der Waals surface area contributed by atoms with Gasteiger partial charge in [-0.25, -0.2) is 16.8 Å². The predicted octanol–water partition coefficient (Wildman–Crippen LogP) is -3.14. The number of aromatic amines is 1. The van der Waals surface area contributed by atoms with Gasteiger partial charge in [-0.3, -0.25) is 16.2 Å². The Kier molecular flexibility index (Phi) is 3.26. The monoisotopic (exact) mass is 306 g/mol. The molecule has 0 atom stereocenters. The van der Waals surface area contributed by atoms with Gasteiger partial charge in [0.25, 0.3) is 23.8 Å². The van der Waals surface area contributed by atoms with Crippen molar-refractivity contribution >= 4 is 29.7 Å². The van der Waals surface area contributed by atoms with E-state index in [1.807, 2.05) is 0 Å². The highest BCUT2D eigenvalue weighted by Crippen LogP contribution is 2.09. The van der Waals surface area contributed by atoms with Gasteiger partial charge in [0.05, 0.1) is 0 Å². The maximum absolute atomic E-state index is 5.63. The zero-order valence-corrected chi connectivity index (χ0v) is 10.8. The summed E-state index contributed by atoms with van der Waals surface area (Å²) in [5, 5.41) is 28.0. The molecule has 0 radical (unpaired) electrons. The first-order chi connectivity index (χ1) is 10.7. The Balaban J connectivity index is 1.78. The van der Waals surface area contributed by atoms with Crippen LogP contribution in [0.15, 0.2) is 0 Å². The van der Waals surface area contributed by atoms with Crippen LogP contribution in [0, 0.1) is 0 Å². The zero-order valence-electron chi connectivity index (χ0n) is 10.8. The topological polar surface area (TPSA) is 238 Å². The molecule has 0 amide bonds. The van der Waals surface area contributed by atoms with E-state index in [0.717, 1.165) is 4.68 Å². The first-order valence-corrected chi connectivity index (χ1v) is 5.62. The highest BCUT2D eigenvalue weighted by atomic mass is 15.5. The number of hydrogen-bond acceptors (Lipinski definition) is 14. The number of anilines is 5. The van der Waals surface area contributed by atoms with E-state index in [4.69, 9.17) is 17.4 Å². The van der Waals surface area contributed by atoms with E-state index in [1.165, 1.54) is 0 Å². The van der Waals surface area contributed by atoms with Crippen molar-refractivity contribution in [2.24, 2.45) is 11.7 Å². The molecule has 3 heterocycles. The van der Waals surface area contributed by atoms with Crippen molar-refractivity contribution in [2.45, 2.75) is 0 Å². The van der Waals surface area contributed by atoms with E-state index in [9.17, 15) is 0 Å². The Morgan fingerprint density at radius 2 is 1.68 bits per heavy atom. The highest BCUT2D eigenvalue weighted by molar-refractivity contribution is 5.43. The second-order valence-electron chi connectivity index (χ2n) is 3.65. The summed E-state index contributed by atoms with van der Waals surface area (Å²) in [5.41, 5.74) is 10.2. The Morgan fingerprint density at radius 1 is 0.909 bits per heavy atom. The summed E-state index contributed by atoms with van der Waals surface area (Å²) >= 11 is 0. The van der Waals surface area contributed by atoms with E-state index < -0.39 is 0 Å². The Hall–Kier alpha value is -3.66. The average molecular weight is 306 g/mol. The normalized spacial score (nSPS) is 10.5. The molecule has 0 aliphatic carbocycles. The van der Waals surface area contributed by atoms with E-state index in [2.05, 4.69) is 61.8 Å². The van der Waals surface area contributed by atoms with Gasteiger partial charge in [0.15, 0.2) is 0 Å². The number of nitrogens with two attached hydrogens (primary N) is 3. The third-order valence-corrected chi connectivity index (χ3v) is 2.26. The number of nitrogen functional groups attached to an aromatic ring is 3. The molecule has 0 saturated heterocycles. The second-order valence-corrected chi connectivity index (χ2v) is 3.65. The molecule has 10 N–H and O–H groups in total. The molecule has 0 saturated carbocycles. The highest BCUT2D eigenvalue weighted by Gasteiger charge is 2.12. The molecule has 0 aliphatic rings. The van der Waals surface area contributed by atoms with Crippen LogP contribution in [-0.4, -0.2) is 50.3 Å². The molecule has 16 nitrogen and oxygen atoms in total. The average Bonchev–Trinajstić information content (AvgIpc) is 3.14. The Bertz CT molecular complexity index is 753. The lowest BCUT2D eigenvalue weighted by Gasteiger charge is -2.00. The van der Waals surface area contributed by atoms with Crippen LogP contribution in [0.2, 0.25) is 0 Å². The van der Waals surface area contributed by atoms with Crippen molar-refractivity contribution in [1.29, 1.82) is 0 Å². The van der Waals surface area contributed by atoms with Crippen LogP contribution in [0.4, 0.5) is 29.7 Å². The molecule has 16 heteroatoms. The van der Waals surface area contributed by atoms with Crippen molar-refractivity contribution in [3.8, 4) is 5.95 Å². The lowest BCUT2D eigenvalue weighted by molar-refractivity contribution is 0.738. The van der Waals surface area contributed by atoms with Crippen LogP contribution in [0.25, 0.3) is 5.95 Å². The van der Waals surface area contributed by atoms with Gasteiger partial charge in [-0.2, -0.15) is 14.6 Å². The molecule has 0 aromatic carbocycles. The molecule has 0 bridgehead atoms. The standard InChI is InChI=1S/C6H10N16/c7-1-10-4(14-9)21-22(1)6-19-17-5(18-20-6)12-2-11-3(13-8)16-15-2/h8-9H2,(H3,7,10,14,21)(H3,11,12,13,15,16,17,18). The van der Waals surface area contributed by atoms with Gasteiger partial charge in [-0.15, -0.1) is 30.6 Å². The van der Waals surface area contributed by atoms with Gasteiger partial charge in [0.2, 0.25) is 11.9 Å². The quantitative estimate of drug-likeness (QED) is 0.182. The summed E-state index contributed by atoms with van der Waals surface area (Å²) in [6.45, 7) is 0. The number of hydrazine groups is 2. The molecule has 3 aromatic heterocycles. The van der Waals surface area contributed by atoms with Crippen LogP contribution >= 0.6 is 0 Å². The molecule has 0 aliphatic heterocycles. The lowest BCUT2D eigenvalue weighted by Crippen LogP contribution is -2.12. The number of hydrogen-bond donors (Lipinski definition) is 7. The largest absolute Gasteiger partial charge is 0.368 e. The van der Waals surface area contributed by atoms with E-state index in [0.29, 0.717) is 0 Å². The predicted molar refractivity (Wildman–Crippen MR) is 72.2 cm³/mol. The summed E-state index contributed by atoms with van der Waals surface area (Å²) < 4.78 is 1.11. The van der Waals surface area contributed by atoms with E-state index >= 15 is 0 Å². The molecule has 22 heavy (non-hydrogen) atoms. The van der Waals surface area contributed by atoms with Gasteiger partial charge in [-0.1, -0.05) is 0 Å². The molecule has 3 rings (SSSR count). The minimum atomic E-state index is 0.0105. The molecule has 0 fully saturated rings. The number of rotatable bonds is 5. The SMILES string of the molecule is NNc1nc(N)n(-c2nnc(Nc3n[nH]c(NN)n3)nn2)n1. The maximum atomic E-state index is 5.63. The summed E-state index contributed by atoms with van der Waals surface area (Å²) in [4.78, 5) is 7.72. The van der Waals surface area contributed by atoms with Crippen LogP contribution in [0.3, 0.4) is 0 Å². The number of aromatic nitrogens is 10. The molecule has 114 valence electrons.